The van der Waals surface area contributed by atoms with E-state index in [4.69, 9.17) is 5.11 Å². The number of aromatic nitrogens is 2. The normalized spacial score (nSPS) is 19.2. The summed E-state index contributed by atoms with van der Waals surface area (Å²) < 4.78 is 0. The van der Waals surface area contributed by atoms with Crippen LogP contribution in [0.2, 0.25) is 0 Å². The minimum Gasteiger partial charge on any atom is -0.478 e. The first-order valence-electron chi connectivity index (χ1n) is 7.68. The zero-order valence-corrected chi connectivity index (χ0v) is 12.7. The molecule has 0 saturated carbocycles. The van der Waals surface area contributed by atoms with E-state index in [0.717, 1.165) is 49.4 Å². The Bertz CT molecular complexity index is 665. The Morgan fingerprint density at radius 3 is 3.09 bits per heavy atom. The molecule has 0 unspecified atom stereocenters. The van der Waals surface area contributed by atoms with Gasteiger partial charge < -0.3 is 10.1 Å². The average Bonchev–Trinajstić information content (AvgIpc) is 2.93. The molecule has 116 valence electrons. The van der Waals surface area contributed by atoms with Crippen LogP contribution in [0, 0.1) is 6.92 Å². The lowest BCUT2D eigenvalue weighted by molar-refractivity contribution is 0.0696. The number of carboxylic acids is 1. The number of aromatic carboxylic acids is 1. The van der Waals surface area contributed by atoms with Gasteiger partial charge in [0.2, 0.25) is 0 Å². The molecule has 0 spiro atoms. The third kappa shape index (κ3) is 3.20. The SMILES string of the molecule is Cc1[nH]cnc1CN1CCC[C@@H](c2cccc(C(=O)O)c2)C1. The van der Waals surface area contributed by atoms with Crippen molar-refractivity contribution in [3.63, 3.8) is 0 Å². The van der Waals surface area contributed by atoms with Gasteiger partial charge in [0.1, 0.15) is 0 Å². The summed E-state index contributed by atoms with van der Waals surface area (Å²) in [6.45, 7) is 4.92. The fourth-order valence-corrected chi connectivity index (χ4v) is 3.16. The molecule has 5 nitrogen and oxygen atoms in total. The second kappa shape index (κ2) is 6.32. The Morgan fingerprint density at radius 1 is 1.50 bits per heavy atom. The van der Waals surface area contributed by atoms with Gasteiger partial charge in [-0.25, -0.2) is 9.78 Å². The topological polar surface area (TPSA) is 69.2 Å². The van der Waals surface area contributed by atoms with Crippen LogP contribution in [0.1, 0.15) is 46.1 Å². The second-order valence-electron chi connectivity index (χ2n) is 5.98. The highest BCUT2D eigenvalue weighted by molar-refractivity contribution is 5.87. The third-order valence-electron chi connectivity index (χ3n) is 4.42. The summed E-state index contributed by atoms with van der Waals surface area (Å²) in [5, 5.41) is 9.14. The van der Waals surface area contributed by atoms with E-state index in [0.29, 0.717) is 11.5 Å². The maximum absolute atomic E-state index is 11.1. The van der Waals surface area contributed by atoms with Crippen LogP contribution in [0.5, 0.6) is 0 Å². The number of carboxylic acid groups (broad SMARTS) is 1. The predicted molar refractivity (Wildman–Crippen MR) is 84.0 cm³/mol. The molecule has 1 atom stereocenters. The number of likely N-dealkylation sites (tertiary alicyclic amines) is 1. The number of nitrogens with zero attached hydrogens (tertiary/aromatic N) is 2. The monoisotopic (exact) mass is 299 g/mol. The van der Waals surface area contributed by atoms with Gasteiger partial charge in [-0.05, 0) is 49.9 Å². The highest BCUT2D eigenvalue weighted by atomic mass is 16.4. The number of rotatable bonds is 4. The molecule has 3 rings (SSSR count). The van der Waals surface area contributed by atoms with Gasteiger partial charge in [0, 0.05) is 18.8 Å². The van der Waals surface area contributed by atoms with Gasteiger partial charge in [0.25, 0.3) is 0 Å². The van der Waals surface area contributed by atoms with Crippen LogP contribution in [-0.2, 0) is 6.54 Å². The molecule has 0 aliphatic carbocycles. The first kappa shape index (κ1) is 14.8. The largest absolute Gasteiger partial charge is 0.478 e. The molecule has 1 aliphatic heterocycles. The van der Waals surface area contributed by atoms with E-state index in [-0.39, 0.29) is 0 Å². The van der Waals surface area contributed by atoms with Gasteiger partial charge in [-0.2, -0.15) is 0 Å². The van der Waals surface area contributed by atoms with Crippen molar-refractivity contribution in [3.8, 4) is 0 Å². The van der Waals surface area contributed by atoms with Crippen molar-refractivity contribution >= 4 is 5.97 Å². The van der Waals surface area contributed by atoms with Crippen LogP contribution in [0.25, 0.3) is 0 Å². The minimum atomic E-state index is -0.860. The van der Waals surface area contributed by atoms with Gasteiger partial charge in [0.15, 0.2) is 0 Å². The van der Waals surface area contributed by atoms with Crippen molar-refractivity contribution in [1.82, 2.24) is 14.9 Å². The molecule has 22 heavy (non-hydrogen) atoms. The van der Waals surface area contributed by atoms with E-state index >= 15 is 0 Å². The van der Waals surface area contributed by atoms with Crippen LogP contribution in [-0.4, -0.2) is 39.0 Å². The second-order valence-corrected chi connectivity index (χ2v) is 5.98. The van der Waals surface area contributed by atoms with E-state index in [1.807, 2.05) is 25.1 Å². The van der Waals surface area contributed by atoms with E-state index in [2.05, 4.69) is 14.9 Å². The lowest BCUT2D eigenvalue weighted by Crippen LogP contribution is -2.34. The van der Waals surface area contributed by atoms with Crippen molar-refractivity contribution < 1.29 is 9.90 Å². The summed E-state index contributed by atoms with van der Waals surface area (Å²) in [5.41, 5.74) is 3.72. The number of aryl methyl sites for hydroxylation is 1. The summed E-state index contributed by atoms with van der Waals surface area (Å²) >= 11 is 0. The summed E-state index contributed by atoms with van der Waals surface area (Å²) in [4.78, 5) is 21.0. The minimum absolute atomic E-state index is 0.373. The van der Waals surface area contributed by atoms with Gasteiger partial charge in [-0.3, -0.25) is 4.90 Å². The zero-order chi connectivity index (χ0) is 15.5. The molecule has 5 heteroatoms. The number of aromatic amines is 1. The van der Waals surface area contributed by atoms with Crippen LogP contribution < -0.4 is 0 Å². The number of imidazole rings is 1. The van der Waals surface area contributed by atoms with Crippen LogP contribution in [0.4, 0.5) is 0 Å². The van der Waals surface area contributed by atoms with Crippen molar-refractivity contribution in [1.29, 1.82) is 0 Å². The number of carbonyl (C=O) groups is 1. The van der Waals surface area contributed by atoms with E-state index in [1.165, 1.54) is 0 Å². The lowest BCUT2D eigenvalue weighted by Gasteiger charge is -2.32. The van der Waals surface area contributed by atoms with E-state index < -0.39 is 5.97 Å². The molecule has 2 aromatic rings. The van der Waals surface area contributed by atoms with Crippen molar-refractivity contribution in [2.45, 2.75) is 32.2 Å². The number of nitrogens with one attached hydrogen (secondary N) is 1. The van der Waals surface area contributed by atoms with Gasteiger partial charge in [0.05, 0.1) is 17.6 Å². The summed E-state index contributed by atoms with van der Waals surface area (Å²) in [6, 6.07) is 7.35. The summed E-state index contributed by atoms with van der Waals surface area (Å²) in [7, 11) is 0. The maximum Gasteiger partial charge on any atom is 0.335 e. The standard InChI is InChI=1S/C17H21N3O2/c1-12-16(19-11-18-12)10-20-7-3-6-15(9-20)13-4-2-5-14(8-13)17(21)22/h2,4-5,8,11,15H,3,6-7,9-10H2,1H3,(H,18,19)(H,21,22)/t15-/m1/s1. The molecule has 0 radical (unpaired) electrons. The Balaban J connectivity index is 1.71. The Hall–Kier alpha value is -2.14. The molecule has 0 bridgehead atoms. The molecule has 1 aromatic heterocycles. The van der Waals surface area contributed by atoms with Gasteiger partial charge in [-0.15, -0.1) is 0 Å². The van der Waals surface area contributed by atoms with Crippen molar-refractivity contribution in [2.75, 3.05) is 13.1 Å². The number of hydrogen-bond acceptors (Lipinski definition) is 3. The van der Waals surface area contributed by atoms with Gasteiger partial charge >= 0.3 is 5.97 Å². The number of benzene rings is 1. The molecule has 2 N–H and O–H groups in total. The smallest absolute Gasteiger partial charge is 0.335 e. The molecule has 1 fully saturated rings. The maximum atomic E-state index is 11.1. The third-order valence-corrected chi connectivity index (χ3v) is 4.42. The predicted octanol–water partition coefficient (Wildman–Crippen LogP) is 2.80. The first-order chi connectivity index (χ1) is 10.6. The fraction of sp³-hybridized carbons (Fsp3) is 0.412. The quantitative estimate of drug-likeness (QED) is 0.911. The highest BCUT2D eigenvalue weighted by Gasteiger charge is 2.22. The first-order valence-corrected chi connectivity index (χ1v) is 7.68. The fourth-order valence-electron chi connectivity index (χ4n) is 3.16. The summed E-state index contributed by atoms with van der Waals surface area (Å²) in [5.74, 6) is -0.464. The van der Waals surface area contributed by atoms with Crippen molar-refractivity contribution in [3.05, 3.63) is 53.1 Å². The Kier molecular flexibility index (Phi) is 4.24. The molecule has 0 amide bonds. The molecule has 1 aromatic carbocycles. The van der Waals surface area contributed by atoms with E-state index in [9.17, 15) is 4.79 Å². The lowest BCUT2D eigenvalue weighted by atomic mass is 9.89. The average molecular weight is 299 g/mol. The van der Waals surface area contributed by atoms with Crippen LogP contribution >= 0.6 is 0 Å². The Labute approximate surface area is 130 Å². The van der Waals surface area contributed by atoms with Crippen LogP contribution in [0.3, 0.4) is 0 Å². The molecular formula is C17H21N3O2. The zero-order valence-electron chi connectivity index (χ0n) is 12.7. The van der Waals surface area contributed by atoms with Crippen molar-refractivity contribution in [2.24, 2.45) is 0 Å². The molecule has 1 aliphatic rings. The number of piperidine rings is 1. The van der Waals surface area contributed by atoms with Gasteiger partial charge in [-0.1, -0.05) is 12.1 Å². The molecular weight excluding hydrogens is 278 g/mol. The Morgan fingerprint density at radius 2 is 2.36 bits per heavy atom. The summed E-state index contributed by atoms with van der Waals surface area (Å²) in [6.07, 6.45) is 3.98. The number of H-pyrrole nitrogens is 1. The van der Waals surface area contributed by atoms with Crippen LogP contribution in [0.15, 0.2) is 30.6 Å². The molecule has 2 heterocycles. The molecule has 1 saturated heterocycles. The highest BCUT2D eigenvalue weighted by Crippen LogP contribution is 2.28. The van der Waals surface area contributed by atoms with E-state index in [1.54, 1.807) is 12.4 Å². The number of hydrogen-bond donors (Lipinski definition) is 2.